The summed E-state index contributed by atoms with van der Waals surface area (Å²) in [5.41, 5.74) is 0. The van der Waals surface area contributed by atoms with E-state index in [-0.39, 0.29) is 0 Å². The van der Waals surface area contributed by atoms with E-state index in [1.165, 1.54) is 32.1 Å². The third-order valence-electron chi connectivity index (χ3n) is 2.93. The second-order valence-corrected chi connectivity index (χ2v) is 3.71. The SMILES string of the molecule is CC=CC1CCC(CC)CC1. The summed E-state index contributed by atoms with van der Waals surface area (Å²) in [7, 11) is 0. The van der Waals surface area contributed by atoms with Gasteiger partial charge in [-0.05, 0) is 44.4 Å². The molecule has 0 heterocycles. The molecule has 0 nitrogen and oxygen atoms in total. The van der Waals surface area contributed by atoms with Gasteiger partial charge in [0.2, 0.25) is 0 Å². The molecule has 0 aromatic heterocycles. The van der Waals surface area contributed by atoms with Gasteiger partial charge in [0.15, 0.2) is 0 Å². The smallest absolute Gasteiger partial charge is 0.0233 e. The Kier molecular flexibility index (Phi) is 3.68. The molecule has 0 aliphatic heterocycles. The average Bonchev–Trinajstić information content (AvgIpc) is 2.07. The fourth-order valence-corrected chi connectivity index (χ4v) is 2.06. The van der Waals surface area contributed by atoms with Gasteiger partial charge in [-0.25, -0.2) is 0 Å². The van der Waals surface area contributed by atoms with E-state index in [0.29, 0.717) is 0 Å². The second-order valence-electron chi connectivity index (χ2n) is 3.71. The molecule has 0 radical (unpaired) electrons. The molecule has 1 rings (SSSR count). The largest absolute Gasteiger partial charge is 0.0914 e. The van der Waals surface area contributed by atoms with E-state index in [4.69, 9.17) is 0 Å². The van der Waals surface area contributed by atoms with Gasteiger partial charge in [0, 0.05) is 0 Å². The lowest BCUT2D eigenvalue weighted by Gasteiger charge is -2.25. The molecule has 0 saturated heterocycles. The summed E-state index contributed by atoms with van der Waals surface area (Å²) in [6, 6.07) is 0. The molecule has 1 aliphatic rings. The van der Waals surface area contributed by atoms with E-state index in [1.54, 1.807) is 0 Å². The van der Waals surface area contributed by atoms with Crippen LogP contribution in [0.25, 0.3) is 0 Å². The van der Waals surface area contributed by atoms with Crippen LogP contribution in [0.4, 0.5) is 0 Å². The summed E-state index contributed by atoms with van der Waals surface area (Å²) in [4.78, 5) is 0. The standard InChI is InChI=1S/C11H20/c1-3-5-11-8-6-10(4-2)7-9-11/h3,5,10-11H,4,6-9H2,1-2H3. The Labute approximate surface area is 70.7 Å². The lowest BCUT2D eigenvalue weighted by Crippen LogP contribution is -2.11. The van der Waals surface area contributed by atoms with Crippen molar-refractivity contribution in [2.24, 2.45) is 11.8 Å². The van der Waals surface area contributed by atoms with Crippen molar-refractivity contribution < 1.29 is 0 Å². The van der Waals surface area contributed by atoms with E-state index in [9.17, 15) is 0 Å². The van der Waals surface area contributed by atoms with Crippen LogP contribution in [0, 0.1) is 11.8 Å². The zero-order valence-electron chi connectivity index (χ0n) is 7.84. The highest BCUT2D eigenvalue weighted by Gasteiger charge is 2.17. The minimum atomic E-state index is 0.905. The number of hydrogen-bond donors (Lipinski definition) is 0. The molecule has 0 aromatic rings. The predicted molar refractivity (Wildman–Crippen MR) is 50.6 cm³/mol. The Morgan fingerprint density at radius 3 is 2.27 bits per heavy atom. The van der Waals surface area contributed by atoms with Crippen molar-refractivity contribution in [2.45, 2.75) is 46.0 Å². The van der Waals surface area contributed by atoms with Gasteiger partial charge in [0.1, 0.15) is 0 Å². The fourth-order valence-electron chi connectivity index (χ4n) is 2.06. The highest BCUT2D eigenvalue weighted by molar-refractivity contribution is 4.88. The highest BCUT2D eigenvalue weighted by Crippen LogP contribution is 2.30. The van der Waals surface area contributed by atoms with Crippen LogP contribution in [0.3, 0.4) is 0 Å². The normalized spacial score (nSPS) is 32.9. The van der Waals surface area contributed by atoms with E-state index >= 15 is 0 Å². The zero-order valence-corrected chi connectivity index (χ0v) is 7.84. The molecule has 0 amide bonds. The van der Waals surface area contributed by atoms with E-state index in [2.05, 4.69) is 26.0 Å². The van der Waals surface area contributed by atoms with Gasteiger partial charge in [-0.15, -0.1) is 0 Å². The summed E-state index contributed by atoms with van der Waals surface area (Å²) >= 11 is 0. The van der Waals surface area contributed by atoms with Crippen LogP contribution in [0.2, 0.25) is 0 Å². The van der Waals surface area contributed by atoms with Gasteiger partial charge in [-0.1, -0.05) is 25.5 Å². The van der Waals surface area contributed by atoms with Gasteiger partial charge in [0.05, 0.1) is 0 Å². The fraction of sp³-hybridized carbons (Fsp3) is 0.818. The summed E-state index contributed by atoms with van der Waals surface area (Å²) in [5, 5.41) is 0. The minimum absolute atomic E-state index is 0.905. The molecule has 64 valence electrons. The molecule has 0 atom stereocenters. The molecule has 11 heavy (non-hydrogen) atoms. The lowest BCUT2D eigenvalue weighted by atomic mass is 9.81. The zero-order chi connectivity index (χ0) is 8.10. The van der Waals surface area contributed by atoms with Crippen molar-refractivity contribution in [2.75, 3.05) is 0 Å². The van der Waals surface area contributed by atoms with Crippen molar-refractivity contribution >= 4 is 0 Å². The molecular formula is C11H20. The first-order valence-electron chi connectivity index (χ1n) is 4.99. The summed E-state index contributed by atoms with van der Waals surface area (Å²) < 4.78 is 0. The summed E-state index contributed by atoms with van der Waals surface area (Å²) in [5.74, 6) is 1.94. The van der Waals surface area contributed by atoms with Crippen LogP contribution >= 0.6 is 0 Å². The van der Waals surface area contributed by atoms with Crippen molar-refractivity contribution in [1.82, 2.24) is 0 Å². The van der Waals surface area contributed by atoms with E-state index < -0.39 is 0 Å². The molecule has 0 heteroatoms. The van der Waals surface area contributed by atoms with Crippen LogP contribution in [-0.4, -0.2) is 0 Å². The molecule has 1 fully saturated rings. The van der Waals surface area contributed by atoms with E-state index in [0.717, 1.165) is 11.8 Å². The Hall–Kier alpha value is -0.260. The third kappa shape index (κ3) is 2.69. The Morgan fingerprint density at radius 2 is 1.82 bits per heavy atom. The Balaban J connectivity index is 2.24. The maximum absolute atomic E-state index is 2.38. The molecule has 0 unspecified atom stereocenters. The van der Waals surface area contributed by atoms with Crippen LogP contribution in [0.5, 0.6) is 0 Å². The van der Waals surface area contributed by atoms with Gasteiger partial charge in [0.25, 0.3) is 0 Å². The van der Waals surface area contributed by atoms with Crippen molar-refractivity contribution in [3.8, 4) is 0 Å². The van der Waals surface area contributed by atoms with Crippen LogP contribution in [-0.2, 0) is 0 Å². The second kappa shape index (κ2) is 4.58. The monoisotopic (exact) mass is 152 g/mol. The van der Waals surface area contributed by atoms with Gasteiger partial charge < -0.3 is 0 Å². The maximum atomic E-state index is 2.38. The van der Waals surface area contributed by atoms with Gasteiger partial charge in [-0.3, -0.25) is 0 Å². The van der Waals surface area contributed by atoms with Gasteiger partial charge >= 0.3 is 0 Å². The molecule has 1 aliphatic carbocycles. The average molecular weight is 152 g/mol. The summed E-state index contributed by atoms with van der Waals surface area (Å²) in [6.07, 6.45) is 11.8. The molecule has 0 aromatic carbocycles. The first kappa shape index (κ1) is 8.83. The molecule has 0 N–H and O–H groups in total. The van der Waals surface area contributed by atoms with Gasteiger partial charge in [-0.2, -0.15) is 0 Å². The predicted octanol–water partition coefficient (Wildman–Crippen LogP) is 3.78. The Morgan fingerprint density at radius 1 is 1.18 bits per heavy atom. The molecule has 1 saturated carbocycles. The first-order valence-corrected chi connectivity index (χ1v) is 4.99. The van der Waals surface area contributed by atoms with Crippen molar-refractivity contribution in [1.29, 1.82) is 0 Å². The number of hydrogen-bond acceptors (Lipinski definition) is 0. The third-order valence-corrected chi connectivity index (χ3v) is 2.93. The Bertz CT molecular complexity index is 116. The molecule has 0 spiro atoms. The van der Waals surface area contributed by atoms with Crippen molar-refractivity contribution in [3.05, 3.63) is 12.2 Å². The highest BCUT2D eigenvalue weighted by atomic mass is 14.2. The topological polar surface area (TPSA) is 0 Å². The minimum Gasteiger partial charge on any atom is -0.0914 e. The van der Waals surface area contributed by atoms with Crippen LogP contribution in [0.15, 0.2) is 12.2 Å². The molecule has 0 bridgehead atoms. The van der Waals surface area contributed by atoms with Crippen molar-refractivity contribution in [3.63, 3.8) is 0 Å². The summed E-state index contributed by atoms with van der Waals surface area (Å²) in [6.45, 7) is 4.45. The lowest BCUT2D eigenvalue weighted by molar-refractivity contribution is 0.303. The maximum Gasteiger partial charge on any atom is -0.0233 e. The van der Waals surface area contributed by atoms with E-state index in [1.807, 2.05) is 0 Å². The first-order chi connectivity index (χ1) is 5.36. The quantitative estimate of drug-likeness (QED) is 0.528. The number of rotatable bonds is 2. The van der Waals surface area contributed by atoms with Crippen LogP contribution in [0.1, 0.15) is 46.0 Å². The number of allylic oxidation sites excluding steroid dienone is 2. The van der Waals surface area contributed by atoms with Crippen LogP contribution < -0.4 is 0 Å². The molecular weight excluding hydrogens is 132 g/mol.